The summed E-state index contributed by atoms with van der Waals surface area (Å²) < 4.78 is 10.5. The van der Waals surface area contributed by atoms with Gasteiger partial charge in [0.2, 0.25) is 0 Å². The zero-order chi connectivity index (χ0) is 11.0. The van der Waals surface area contributed by atoms with Crippen molar-refractivity contribution < 1.29 is 14.3 Å². The third kappa shape index (κ3) is 1.58. The predicted molar refractivity (Wildman–Crippen MR) is 56.4 cm³/mol. The summed E-state index contributed by atoms with van der Waals surface area (Å²) in [6.07, 6.45) is 0.444. The molecule has 0 saturated carbocycles. The second-order valence-corrected chi connectivity index (χ2v) is 3.91. The minimum absolute atomic E-state index is 0.182. The molecular weight excluding hydrogens is 192 g/mol. The summed E-state index contributed by atoms with van der Waals surface area (Å²) in [5.74, 6) is 1.29. The van der Waals surface area contributed by atoms with Crippen molar-refractivity contribution in [3.63, 3.8) is 0 Å². The molecule has 0 spiro atoms. The summed E-state index contributed by atoms with van der Waals surface area (Å²) in [5.41, 5.74) is 2.04. The van der Waals surface area contributed by atoms with Gasteiger partial charge in [-0.25, -0.2) is 0 Å². The first kappa shape index (κ1) is 10.0. The molecule has 1 aromatic rings. The van der Waals surface area contributed by atoms with E-state index < -0.39 is 0 Å². The lowest BCUT2D eigenvalue weighted by Crippen LogP contribution is -2.19. The number of methoxy groups -OCH3 is 1. The Morgan fingerprint density at radius 3 is 2.87 bits per heavy atom. The lowest BCUT2D eigenvalue weighted by atomic mass is 9.93. The number of hydrogen-bond donors (Lipinski definition) is 0. The normalized spacial score (nSPS) is 19.4. The van der Waals surface area contributed by atoms with Crippen molar-refractivity contribution in [1.29, 1.82) is 0 Å². The van der Waals surface area contributed by atoms with Gasteiger partial charge in [-0.2, -0.15) is 0 Å². The predicted octanol–water partition coefficient (Wildman–Crippen LogP) is 2.42. The van der Waals surface area contributed by atoms with Crippen LogP contribution in [0.4, 0.5) is 0 Å². The Hall–Kier alpha value is -1.51. The molecular formula is C12H14O3. The van der Waals surface area contributed by atoms with Crippen molar-refractivity contribution in [1.82, 2.24) is 0 Å². The fraction of sp³-hybridized carbons (Fsp3) is 0.417. The van der Waals surface area contributed by atoms with Crippen LogP contribution < -0.4 is 9.47 Å². The number of carbonyl (C=O) groups is 1. The Morgan fingerprint density at radius 1 is 1.47 bits per heavy atom. The van der Waals surface area contributed by atoms with Crippen LogP contribution in [0, 0.1) is 6.92 Å². The van der Waals surface area contributed by atoms with Gasteiger partial charge >= 0.3 is 5.97 Å². The van der Waals surface area contributed by atoms with E-state index in [4.69, 9.17) is 9.47 Å². The molecule has 1 aromatic carbocycles. The van der Waals surface area contributed by atoms with Crippen LogP contribution in [0.2, 0.25) is 0 Å². The minimum Gasteiger partial charge on any atom is -0.493 e. The second kappa shape index (κ2) is 3.57. The molecule has 0 fully saturated rings. The molecule has 0 aromatic heterocycles. The maximum Gasteiger partial charge on any atom is 0.311 e. The van der Waals surface area contributed by atoms with E-state index in [9.17, 15) is 4.79 Å². The Morgan fingerprint density at radius 2 is 2.20 bits per heavy atom. The average Bonchev–Trinajstić information content (AvgIpc) is 2.17. The minimum atomic E-state index is -0.182. The first-order valence-electron chi connectivity index (χ1n) is 5.01. The van der Waals surface area contributed by atoms with Crippen molar-refractivity contribution in [2.45, 2.75) is 26.2 Å². The summed E-state index contributed by atoms with van der Waals surface area (Å²) in [6, 6.07) is 4.00. The van der Waals surface area contributed by atoms with Crippen molar-refractivity contribution >= 4 is 5.97 Å². The van der Waals surface area contributed by atoms with E-state index in [1.807, 2.05) is 26.0 Å². The van der Waals surface area contributed by atoms with Crippen LogP contribution in [-0.4, -0.2) is 13.1 Å². The summed E-state index contributed by atoms with van der Waals surface area (Å²) in [6.45, 7) is 3.96. The van der Waals surface area contributed by atoms with Crippen LogP contribution in [0.5, 0.6) is 11.5 Å². The molecule has 0 radical (unpaired) electrons. The van der Waals surface area contributed by atoms with E-state index >= 15 is 0 Å². The molecule has 1 atom stereocenters. The van der Waals surface area contributed by atoms with Crippen molar-refractivity contribution in [3.8, 4) is 11.5 Å². The van der Waals surface area contributed by atoms with Gasteiger partial charge in [-0.1, -0.05) is 19.1 Å². The topological polar surface area (TPSA) is 35.5 Å². The van der Waals surface area contributed by atoms with Crippen molar-refractivity contribution in [2.75, 3.05) is 7.11 Å². The Kier molecular flexibility index (Phi) is 2.39. The van der Waals surface area contributed by atoms with Gasteiger partial charge in [0.05, 0.1) is 13.5 Å². The van der Waals surface area contributed by atoms with E-state index in [-0.39, 0.29) is 11.9 Å². The van der Waals surface area contributed by atoms with E-state index in [1.165, 1.54) is 0 Å². The molecule has 0 saturated heterocycles. The molecule has 1 aliphatic rings. The summed E-state index contributed by atoms with van der Waals surface area (Å²) in [7, 11) is 1.59. The highest BCUT2D eigenvalue weighted by molar-refractivity contribution is 5.78. The van der Waals surface area contributed by atoms with Gasteiger partial charge in [0.15, 0.2) is 11.5 Å². The van der Waals surface area contributed by atoms with Crippen LogP contribution in [0.3, 0.4) is 0 Å². The monoisotopic (exact) mass is 206 g/mol. The van der Waals surface area contributed by atoms with Gasteiger partial charge in [-0.3, -0.25) is 4.79 Å². The zero-order valence-corrected chi connectivity index (χ0v) is 9.16. The molecule has 80 valence electrons. The van der Waals surface area contributed by atoms with Gasteiger partial charge in [-0.15, -0.1) is 0 Å². The number of ether oxygens (including phenoxy) is 2. The van der Waals surface area contributed by atoms with Crippen LogP contribution >= 0.6 is 0 Å². The molecule has 0 N–H and O–H groups in total. The number of carbonyl (C=O) groups excluding carboxylic acids is 1. The van der Waals surface area contributed by atoms with Gasteiger partial charge in [0.25, 0.3) is 0 Å². The summed E-state index contributed by atoms with van der Waals surface area (Å²) in [4.78, 5) is 11.3. The maximum absolute atomic E-state index is 11.3. The van der Waals surface area contributed by atoms with E-state index in [1.54, 1.807) is 7.11 Å². The zero-order valence-electron chi connectivity index (χ0n) is 9.16. The Balaban J connectivity index is 2.59. The standard InChI is InChI=1S/C12H14O3/c1-7-4-5-9-8(2)6-10(13)15-12(9)11(7)14-3/h4-5,8H,6H2,1-3H3. The molecule has 0 amide bonds. The molecule has 15 heavy (non-hydrogen) atoms. The SMILES string of the molecule is COc1c(C)ccc2c1OC(=O)CC2C. The molecule has 3 heteroatoms. The number of esters is 1. The maximum atomic E-state index is 11.3. The molecule has 1 unspecified atom stereocenters. The molecule has 3 nitrogen and oxygen atoms in total. The Labute approximate surface area is 89.0 Å². The smallest absolute Gasteiger partial charge is 0.311 e. The molecule has 0 aliphatic carbocycles. The molecule has 1 heterocycles. The highest BCUT2D eigenvalue weighted by atomic mass is 16.6. The third-order valence-electron chi connectivity index (χ3n) is 2.76. The lowest BCUT2D eigenvalue weighted by molar-refractivity contribution is -0.135. The van der Waals surface area contributed by atoms with Gasteiger partial charge in [-0.05, 0) is 18.4 Å². The largest absolute Gasteiger partial charge is 0.493 e. The fourth-order valence-corrected chi connectivity index (χ4v) is 1.94. The van der Waals surface area contributed by atoms with Gasteiger partial charge in [0.1, 0.15) is 0 Å². The lowest BCUT2D eigenvalue weighted by Gasteiger charge is -2.23. The molecule has 2 rings (SSSR count). The van der Waals surface area contributed by atoms with Crippen LogP contribution in [-0.2, 0) is 4.79 Å². The van der Waals surface area contributed by atoms with E-state index in [0.717, 1.165) is 11.1 Å². The second-order valence-electron chi connectivity index (χ2n) is 3.91. The number of aryl methyl sites for hydroxylation is 1. The number of hydrogen-bond acceptors (Lipinski definition) is 3. The highest BCUT2D eigenvalue weighted by Gasteiger charge is 2.27. The molecule has 0 bridgehead atoms. The number of benzene rings is 1. The summed E-state index contributed by atoms with van der Waals surface area (Å²) in [5, 5.41) is 0. The first-order valence-corrected chi connectivity index (χ1v) is 5.01. The highest BCUT2D eigenvalue weighted by Crippen LogP contribution is 2.42. The van der Waals surface area contributed by atoms with Crippen LogP contribution in [0.15, 0.2) is 12.1 Å². The van der Waals surface area contributed by atoms with Crippen molar-refractivity contribution in [3.05, 3.63) is 23.3 Å². The molecule has 1 aliphatic heterocycles. The van der Waals surface area contributed by atoms with Crippen molar-refractivity contribution in [2.24, 2.45) is 0 Å². The quantitative estimate of drug-likeness (QED) is 0.523. The fourth-order valence-electron chi connectivity index (χ4n) is 1.94. The Bertz CT molecular complexity index is 410. The number of rotatable bonds is 1. The van der Waals surface area contributed by atoms with Gasteiger partial charge in [0, 0.05) is 5.56 Å². The summed E-state index contributed by atoms with van der Waals surface area (Å²) >= 11 is 0. The average molecular weight is 206 g/mol. The van der Waals surface area contributed by atoms with E-state index in [0.29, 0.717) is 17.9 Å². The number of fused-ring (bicyclic) bond motifs is 1. The van der Waals surface area contributed by atoms with Gasteiger partial charge < -0.3 is 9.47 Å². The van der Waals surface area contributed by atoms with Crippen LogP contribution in [0.25, 0.3) is 0 Å². The van der Waals surface area contributed by atoms with Crippen LogP contribution in [0.1, 0.15) is 30.4 Å². The third-order valence-corrected chi connectivity index (χ3v) is 2.76. The van der Waals surface area contributed by atoms with E-state index in [2.05, 4.69) is 0 Å². The first-order chi connectivity index (χ1) is 7.13.